The molecule has 0 unspecified atom stereocenters. The zero-order valence-corrected chi connectivity index (χ0v) is 12.6. The Balaban J connectivity index is 1.97. The molecule has 0 aromatic carbocycles. The van der Waals surface area contributed by atoms with E-state index in [9.17, 15) is 9.59 Å². The molecular weight excluding hydrogens is 306 g/mol. The number of nitrogens with one attached hydrogen (secondary N) is 1. The minimum absolute atomic E-state index is 0.117. The van der Waals surface area contributed by atoms with E-state index in [4.69, 9.17) is 21.1 Å². The highest BCUT2D eigenvalue weighted by Gasteiger charge is 2.55. The van der Waals surface area contributed by atoms with Crippen molar-refractivity contribution in [1.29, 1.82) is 0 Å². The fourth-order valence-electron chi connectivity index (χ4n) is 2.75. The summed E-state index contributed by atoms with van der Waals surface area (Å²) >= 11 is 0. The lowest BCUT2D eigenvalue weighted by molar-refractivity contribution is -0.197. The molecule has 3 heterocycles. The molecule has 0 saturated carbocycles. The SMILES string of the molecule is [2H][C@]12OC(C)(C)O[C@H]1[C@H](n1ccc(=O)[nH]c1=O)O[C@@H]2CCN=[N+]=[N-]. The molecular formula is C13H17N5O5. The second kappa shape index (κ2) is 5.82. The van der Waals surface area contributed by atoms with Crippen molar-refractivity contribution in [1.82, 2.24) is 9.55 Å². The monoisotopic (exact) mass is 324 g/mol. The molecule has 3 rings (SSSR count). The van der Waals surface area contributed by atoms with Gasteiger partial charge in [0.25, 0.3) is 5.56 Å². The molecule has 1 aromatic rings. The summed E-state index contributed by atoms with van der Waals surface area (Å²) in [6.45, 7) is 3.45. The largest absolute Gasteiger partial charge is 0.349 e. The maximum Gasteiger partial charge on any atom is 0.330 e. The van der Waals surface area contributed by atoms with Gasteiger partial charge in [0.2, 0.25) is 0 Å². The van der Waals surface area contributed by atoms with E-state index in [1.165, 1.54) is 12.3 Å². The highest BCUT2D eigenvalue weighted by atomic mass is 16.8. The van der Waals surface area contributed by atoms with Crippen molar-refractivity contribution in [2.45, 2.75) is 50.6 Å². The highest BCUT2D eigenvalue weighted by molar-refractivity contribution is 4.98. The maximum absolute atomic E-state index is 12.1. The molecule has 2 aliphatic rings. The van der Waals surface area contributed by atoms with Gasteiger partial charge in [-0.2, -0.15) is 0 Å². The van der Waals surface area contributed by atoms with E-state index >= 15 is 0 Å². The van der Waals surface area contributed by atoms with Crippen molar-refractivity contribution in [2.75, 3.05) is 6.54 Å². The summed E-state index contributed by atoms with van der Waals surface area (Å²) in [7, 11) is 0. The molecule has 0 radical (unpaired) electrons. The third-order valence-corrected chi connectivity index (χ3v) is 3.61. The zero-order chi connectivity index (χ0) is 17.5. The van der Waals surface area contributed by atoms with Crippen LogP contribution in [0.5, 0.6) is 0 Å². The molecule has 0 amide bonds. The number of hydrogen-bond donors (Lipinski definition) is 1. The van der Waals surface area contributed by atoms with Gasteiger partial charge in [0.1, 0.15) is 12.2 Å². The molecule has 2 saturated heterocycles. The average Bonchev–Trinajstić information content (AvgIpc) is 2.87. The van der Waals surface area contributed by atoms with E-state index in [1.54, 1.807) is 13.8 Å². The van der Waals surface area contributed by atoms with Crippen molar-refractivity contribution in [3.63, 3.8) is 0 Å². The Bertz CT molecular complexity index is 800. The van der Waals surface area contributed by atoms with E-state index in [0.717, 1.165) is 4.57 Å². The van der Waals surface area contributed by atoms with Gasteiger partial charge in [0, 0.05) is 23.7 Å². The standard InChI is InChI=1S/C13H17N5O5/c1-13(2)22-9-7(3-5-15-17-14)21-11(10(9)23-13)18-6-4-8(19)16-12(18)20/h4,6-7,9-11H,3,5H2,1-2H3,(H,16,19,20)/t7-,9-,10-,11-/m1/s1/i9D. The molecule has 124 valence electrons. The van der Waals surface area contributed by atoms with Crippen LogP contribution >= 0.6 is 0 Å². The van der Waals surface area contributed by atoms with Crippen molar-refractivity contribution in [3.8, 4) is 0 Å². The van der Waals surface area contributed by atoms with Gasteiger partial charge in [-0.1, -0.05) is 5.11 Å². The number of hydrogen-bond acceptors (Lipinski definition) is 6. The predicted molar refractivity (Wildman–Crippen MR) is 77.7 cm³/mol. The van der Waals surface area contributed by atoms with Crippen LogP contribution in [0, 0.1) is 0 Å². The van der Waals surface area contributed by atoms with Crippen LogP contribution in [0.3, 0.4) is 0 Å². The van der Waals surface area contributed by atoms with Gasteiger partial charge < -0.3 is 14.2 Å². The molecule has 1 aromatic heterocycles. The molecule has 0 spiro atoms. The molecule has 10 heteroatoms. The first-order valence-electron chi connectivity index (χ1n) is 7.62. The highest BCUT2D eigenvalue weighted by Crippen LogP contribution is 2.43. The number of nitrogens with zero attached hydrogens (tertiary/aromatic N) is 4. The van der Waals surface area contributed by atoms with Crippen LogP contribution in [0.1, 0.15) is 27.9 Å². The summed E-state index contributed by atoms with van der Waals surface area (Å²) in [5, 5.41) is 3.45. The second-order valence-corrected chi connectivity index (χ2v) is 5.72. The van der Waals surface area contributed by atoms with Crippen LogP contribution in [-0.2, 0) is 14.2 Å². The quantitative estimate of drug-likeness (QED) is 0.493. The van der Waals surface area contributed by atoms with Crippen LogP contribution in [0.25, 0.3) is 10.4 Å². The Morgan fingerprint density at radius 1 is 1.52 bits per heavy atom. The van der Waals surface area contributed by atoms with Gasteiger partial charge in [0.05, 0.1) is 7.47 Å². The molecule has 1 N–H and O–H groups in total. The predicted octanol–water partition coefficient (Wildman–Crippen LogP) is 0.654. The Morgan fingerprint density at radius 2 is 2.30 bits per heavy atom. The fourth-order valence-corrected chi connectivity index (χ4v) is 2.75. The van der Waals surface area contributed by atoms with Gasteiger partial charge in [-0.25, -0.2) is 4.79 Å². The average molecular weight is 324 g/mol. The first-order valence-corrected chi connectivity index (χ1v) is 7.12. The van der Waals surface area contributed by atoms with Gasteiger partial charge in [0.15, 0.2) is 12.0 Å². The minimum atomic E-state index is -1.56. The number of azide groups is 1. The summed E-state index contributed by atoms with van der Waals surface area (Å²) in [5.74, 6) is -1.03. The van der Waals surface area contributed by atoms with E-state index in [1.807, 2.05) is 0 Å². The van der Waals surface area contributed by atoms with E-state index < -0.39 is 41.6 Å². The lowest BCUT2D eigenvalue weighted by Crippen LogP contribution is -2.37. The molecule has 23 heavy (non-hydrogen) atoms. The summed E-state index contributed by atoms with van der Waals surface area (Å²) in [4.78, 5) is 28.1. The number of ether oxygens (including phenoxy) is 3. The molecule has 0 bridgehead atoms. The first kappa shape index (κ1) is 14.5. The molecule has 0 aliphatic carbocycles. The fraction of sp³-hybridized carbons (Fsp3) is 0.692. The molecule has 10 nitrogen and oxygen atoms in total. The number of H-pyrrole nitrogens is 1. The Kier molecular flexibility index (Phi) is 3.66. The third-order valence-electron chi connectivity index (χ3n) is 3.61. The summed E-state index contributed by atoms with van der Waals surface area (Å²) in [6, 6.07) is 1.19. The zero-order valence-electron chi connectivity index (χ0n) is 13.6. The van der Waals surface area contributed by atoms with Crippen molar-refractivity contribution in [3.05, 3.63) is 43.5 Å². The Labute approximate surface area is 132 Å². The number of rotatable bonds is 4. The normalized spacial score (nSPS) is 35.4. The Morgan fingerprint density at radius 3 is 3.00 bits per heavy atom. The minimum Gasteiger partial charge on any atom is -0.349 e. The van der Waals surface area contributed by atoms with Gasteiger partial charge >= 0.3 is 5.69 Å². The Hall–Kier alpha value is -2.13. The summed E-state index contributed by atoms with van der Waals surface area (Å²) in [5.41, 5.74) is 7.20. The van der Waals surface area contributed by atoms with E-state index in [2.05, 4.69) is 15.0 Å². The molecule has 2 fully saturated rings. The lowest BCUT2D eigenvalue weighted by Gasteiger charge is -2.24. The van der Waals surface area contributed by atoms with Crippen molar-refractivity contribution in [2.24, 2.45) is 5.11 Å². The lowest BCUT2D eigenvalue weighted by atomic mass is 10.1. The van der Waals surface area contributed by atoms with Crippen LogP contribution in [0.4, 0.5) is 0 Å². The van der Waals surface area contributed by atoms with Crippen LogP contribution in [0.2, 0.25) is 0 Å². The van der Waals surface area contributed by atoms with Crippen molar-refractivity contribution >= 4 is 0 Å². The van der Waals surface area contributed by atoms with Crippen LogP contribution in [-0.4, -0.2) is 40.2 Å². The van der Waals surface area contributed by atoms with Crippen LogP contribution < -0.4 is 11.2 Å². The molecule has 4 atom stereocenters. The van der Waals surface area contributed by atoms with Gasteiger partial charge in [-0.15, -0.1) is 0 Å². The summed E-state index contributed by atoms with van der Waals surface area (Å²) < 4.78 is 27.1. The second-order valence-electron chi connectivity index (χ2n) is 5.72. The number of fused-ring (bicyclic) bond motifs is 1. The third kappa shape index (κ3) is 3.02. The van der Waals surface area contributed by atoms with Crippen LogP contribution in [0.15, 0.2) is 27.0 Å². The number of aromatic nitrogens is 2. The van der Waals surface area contributed by atoms with Gasteiger partial charge in [-0.3, -0.25) is 14.3 Å². The summed E-state index contributed by atoms with van der Waals surface area (Å²) in [6.07, 6.45) is -2.63. The first-order chi connectivity index (χ1) is 11.3. The number of aromatic amines is 1. The topological polar surface area (TPSA) is 131 Å². The van der Waals surface area contributed by atoms with Gasteiger partial charge in [-0.05, 0) is 25.8 Å². The van der Waals surface area contributed by atoms with E-state index in [0.29, 0.717) is 0 Å². The molecule has 2 aliphatic heterocycles. The smallest absolute Gasteiger partial charge is 0.330 e. The van der Waals surface area contributed by atoms with Crippen molar-refractivity contribution < 1.29 is 15.6 Å². The van der Waals surface area contributed by atoms with E-state index in [-0.39, 0.29) is 13.0 Å². The maximum atomic E-state index is 12.1.